The maximum atomic E-state index is 3.57. The first-order valence-corrected chi connectivity index (χ1v) is 6.31. The molecule has 0 amide bonds. The number of likely N-dealkylation sites (tertiary alicyclic amines) is 1. The first-order chi connectivity index (χ1) is 6.84. The van der Waals surface area contributed by atoms with E-state index < -0.39 is 0 Å². The molecule has 0 aromatic heterocycles. The monoisotopic (exact) mass is 194 g/mol. The second kappa shape index (κ2) is 3.49. The highest BCUT2D eigenvalue weighted by atomic mass is 15.2. The van der Waals surface area contributed by atoms with E-state index in [-0.39, 0.29) is 0 Å². The molecule has 0 radical (unpaired) electrons. The van der Waals surface area contributed by atoms with Crippen molar-refractivity contribution in [3.8, 4) is 0 Å². The summed E-state index contributed by atoms with van der Waals surface area (Å²) in [7, 11) is 0. The highest BCUT2D eigenvalue weighted by Gasteiger charge is 2.41. The van der Waals surface area contributed by atoms with Crippen LogP contribution in [0.4, 0.5) is 0 Å². The van der Waals surface area contributed by atoms with E-state index in [0.717, 1.165) is 23.9 Å². The van der Waals surface area contributed by atoms with Gasteiger partial charge in [0, 0.05) is 18.6 Å². The van der Waals surface area contributed by atoms with Crippen molar-refractivity contribution in [2.75, 3.05) is 19.6 Å². The standard InChI is InChI=1S/C12H22N2/c1-9-5-11(6-9)14-4-2-3-10-7-13-8-12(10)14/h9-13H,2-8H2,1H3. The number of nitrogens with zero attached hydrogens (tertiary/aromatic N) is 1. The van der Waals surface area contributed by atoms with Crippen molar-refractivity contribution < 1.29 is 0 Å². The Kier molecular flexibility index (Phi) is 2.29. The fourth-order valence-corrected chi connectivity index (χ4v) is 3.69. The fourth-order valence-electron chi connectivity index (χ4n) is 3.69. The molecule has 2 saturated heterocycles. The number of hydrogen-bond acceptors (Lipinski definition) is 2. The van der Waals surface area contributed by atoms with Gasteiger partial charge in [-0.05, 0) is 50.6 Å². The largest absolute Gasteiger partial charge is 0.315 e. The molecule has 1 N–H and O–H groups in total. The third kappa shape index (κ3) is 1.40. The van der Waals surface area contributed by atoms with Crippen molar-refractivity contribution in [1.29, 1.82) is 0 Å². The summed E-state index contributed by atoms with van der Waals surface area (Å²) >= 11 is 0. The summed E-state index contributed by atoms with van der Waals surface area (Å²) in [5, 5.41) is 3.57. The third-order valence-electron chi connectivity index (χ3n) is 4.54. The molecular weight excluding hydrogens is 172 g/mol. The molecule has 0 aromatic carbocycles. The first-order valence-electron chi connectivity index (χ1n) is 6.31. The van der Waals surface area contributed by atoms with Crippen LogP contribution >= 0.6 is 0 Å². The van der Waals surface area contributed by atoms with E-state index in [1.54, 1.807) is 0 Å². The van der Waals surface area contributed by atoms with Gasteiger partial charge in [-0.1, -0.05) is 6.92 Å². The predicted molar refractivity (Wildman–Crippen MR) is 58.3 cm³/mol. The van der Waals surface area contributed by atoms with Gasteiger partial charge in [0.1, 0.15) is 0 Å². The Morgan fingerprint density at radius 2 is 2.07 bits per heavy atom. The maximum absolute atomic E-state index is 3.57. The molecule has 1 saturated carbocycles. The van der Waals surface area contributed by atoms with Crippen molar-refractivity contribution in [2.45, 2.75) is 44.7 Å². The van der Waals surface area contributed by atoms with Crippen molar-refractivity contribution in [3.05, 3.63) is 0 Å². The Balaban J connectivity index is 1.66. The molecule has 2 heteroatoms. The minimum absolute atomic E-state index is 0.890. The first kappa shape index (κ1) is 9.17. The van der Waals surface area contributed by atoms with Crippen LogP contribution in [0.25, 0.3) is 0 Å². The summed E-state index contributed by atoms with van der Waals surface area (Å²) in [6, 6.07) is 1.83. The van der Waals surface area contributed by atoms with Crippen LogP contribution in [0.15, 0.2) is 0 Å². The number of nitrogens with one attached hydrogen (secondary N) is 1. The lowest BCUT2D eigenvalue weighted by Gasteiger charge is -2.48. The van der Waals surface area contributed by atoms with Gasteiger partial charge in [-0.2, -0.15) is 0 Å². The molecule has 2 atom stereocenters. The SMILES string of the molecule is CC1CC(N2CCCC3CNCC32)C1. The van der Waals surface area contributed by atoms with Crippen LogP contribution < -0.4 is 5.32 Å². The second-order valence-corrected chi connectivity index (χ2v) is 5.60. The molecule has 0 spiro atoms. The van der Waals surface area contributed by atoms with Gasteiger partial charge >= 0.3 is 0 Å². The van der Waals surface area contributed by atoms with E-state index in [1.807, 2.05) is 0 Å². The van der Waals surface area contributed by atoms with Crippen LogP contribution in [0.2, 0.25) is 0 Å². The van der Waals surface area contributed by atoms with E-state index in [4.69, 9.17) is 0 Å². The highest BCUT2D eigenvalue weighted by Crippen LogP contribution is 2.37. The van der Waals surface area contributed by atoms with Crippen LogP contribution in [0.3, 0.4) is 0 Å². The third-order valence-corrected chi connectivity index (χ3v) is 4.54. The average molecular weight is 194 g/mol. The lowest BCUT2D eigenvalue weighted by molar-refractivity contribution is 0.0157. The highest BCUT2D eigenvalue weighted by molar-refractivity contribution is 4.97. The van der Waals surface area contributed by atoms with E-state index in [9.17, 15) is 0 Å². The minimum atomic E-state index is 0.890. The van der Waals surface area contributed by atoms with Gasteiger partial charge in [0.15, 0.2) is 0 Å². The number of fused-ring (bicyclic) bond motifs is 1. The topological polar surface area (TPSA) is 15.3 Å². The van der Waals surface area contributed by atoms with Crippen LogP contribution in [0, 0.1) is 11.8 Å². The summed E-state index contributed by atoms with van der Waals surface area (Å²) in [6.45, 7) is 6.31. The molecule has 80 valence electrons. The number of piperidine rings is 1. The lowest BCUT2D eigenvalue weighted by atomic mass is 9.78. The fraction of sp³-hybridized carbons (Fsp3) is 1.00. The normalized spacial score (nSPS) is 48.6. The summed E-state index contributed by atoms with van der Waals surface area (Å²) in [6.07, 6.45) is 5.83. The Morgan fingerprint density at radius 3 is 2.86 bits per heavy atom. The second-order valence-electron chi connectivity index (χ2n) is 5.60. The van der Waals surface area contributed by atoms with Gasteiger partial charge in [-0.25, -0.2) is 0 Å². The summed E-state index contributed by atoms with van der Waals surface area (Å²) in [5.74, 6) is 1.97. The summed E-state index contributed by atoms with van der Waals surface area (Å²) in [4.78, 5) is 2.83. The van der Waals surface area contributed by atoms with Gasteiger partial charge in [-0.3, -0.25) is 4.90 Å². The zero-order valence-corrected chi connectivity index (χ0v) is 9.21. The van der Waals surface area contributed by atoms with Crippen LogP contribution in [-0.4, -0.2) is 36.6 Å². The Labute approximate surface area is 87.0 Å². The summed E-state index contributed by atoms with van der Waals surface area (Å²) < 4.78 is 0. The van der Waals surface area contributed by atoms with E-state index in [2.05, 4.69) is 17.1 Å². The molecule has 0 aromatic rings. The van der Waals surface area contributed by atoms with Gasteiger partial charge in [0.05, 0.1) is 0 Å². The Morgan fingerprint density at radius 1 is 1.21 bits per heavy atom. The van der Waals surface area contributed by atoms with Crippen molar-refractivity contribution in [1.82, 2.24) is 10.2 Å². The molecule has 1 aliphatic carbocycles. The maximum Gasteiger partial charge on any atom is 0.0263 e. The molecule has 3 rings (SSSR count). The molecule has 0 bridgehead atoms. The molecule has 2 heterocycles. The molecule has 3 aliphatic rings. The van der Waals surface area contributed by atoms with Crippen LogP contribution in [0.5, 0.6) is 0 Å². The van der Waals surface area contributed by atoms with Gasteiger partial charge in [0.2, 0.25) is 0 Å². The zero-order valence-electron chi connectivity index (χ0n) is 9.21. The Bertz CT molecular complexity index is 210. The van der Waals surface area contributed by atoms with Crippen molar-refractivity contribution in [2.24, 2.45) is 11.8 Å². The quantitative estimate of drug-likeness (QED) is 0.680. The van der Waals surface area contributed by atoms with E-state index >= 15 is 0 Å². The molecule has 14 heavy (non-hydrogen) atoms. The lowest BCUT2D eigenvalue weighted by Crippen LogP contribution is -2.54. The van der Waals surface area contributed by atoms with Crippen LogP contribution in [-0.2, 0) is 0 Å². The predicted octanol–water partition coefficient (Wildman–Crippen LogP) is 1.47. The smallest absolute Gasteiger partial charge is 0.0263 e. The van der Waals surface area contributed by atoms with Crippen LogP contribution in [0.1, 0.15) is 32.6 Å². The number of rotatable bonds is 1. The summed E-state index contributed by atoms with van der Waals surface area (Å²) in [5.41, 5.74) is 0. The molecule has 2 aliphatic heterocycles. The van der Waals surface area contributed by atoms with Crippen molar-refractivity contribution >= 4 is 0 Å². The molecule has 3 fully saturated rings. The molecular formula is C12H22N2. The molecule has 2 unspecified atom stereocenters. The van der Waals surface area contributed by atoms with Gasteiger partial charge in [-0.15, -0.1) is 0 Å². The molecule has 2 nitrogen and oxygen atoms in total. The van der Waals surface area contributed by atoms with Gasteiger partial charge < -0.3 is 5.32 Å². The Hall–Kier alpha value is -0.0800. The van der Waals surface area contributed by atoms with Gasteiger partial charge in [0.25, 0.3) is 0 Å². The van der Waals surface area contributed by atoms with E-state index in [0.29, 0.717) is 0 Å². The van der Waals surface area contributed by atoms with Crippen molar-refractivity contribution in [3.63, 3.8) is 0 Å². The average Bonchev–Trinajstić information content (AvgIpc) is 2.60. The zero-order chi connectivity index (χ0) is 9.54. The van der Waals surface area contributed by atoms with E-state index in [1.165, 1.54) is 45.3 Å². The number of hydrogen-bond donors (Lipinski definition) is 1. The minimum Gasteiger partial charge on any atom is -0.315 e.